The van der Waals surface area contributed by atoms with Crippen molar-refractivity contribution in [3.8, 4) is 28.9 Å². The van der Waals surface area contributed by atoms with Crippen LogP contribution >= 0.6 is 0 Å². The highest BCUT2D eigenvalue weighted by molar-refractivity contribution is 5.58. The maximum Gasteiger partial charge on any atom is 0.394 e. The predicted molar refractivity (Wildman–Crippen MR) is 122 cm³/mol. The lowest BCUT2D eigenvalue weighted by molar-refractivity contribution is -0.158. The molecule has 0 saturated carbocycles. The number of benzene rings is 2. The van der Waals surface area contributed by atoms with Crippen molar-refractivity contribution in [2.24, 2.45) is 0 Å². The smallest absolute Gasteiger partial charge is 0.394 e. The van der Waals surface area contributed by atoms with Crippen molar-refractivity contribution >= 4 is 5.69 Å². The Bertz CT molecular complexity index is 1270. The molecule has 3 heterocycles. The molecule has 4 aromatic rings. The minimum Gasteiger partial charge on any atom is -0.433 e. The Hall–Kier alpha value is -3.82. The second-order valence-corrected chi connectivity index (χ2v) is 8.36. The van der Waals surface area contributed by atoms with E-state index in [2.05, 4.69) is 54.1 Å². The molecular formula is C24H24F2N6O2. The first-order valence-electron chi connectivity index (χ1n) is 11.1. The van der Waals surface area contributed by atoms with Gasteiger partial charge in [0.05, 0.1) is 6.54 Å². The van der Waals surface area contributed by atoms with Gasteiger partial charge in [0.15, 0.2) is 0 Å². The maximum atomic E-state index is 13.0. The minimum atomic E-state index is -3.25. The van der Waals surface area contributed by atoms with Crippen LogP contribution in [0.5, 0.6) is 5.75 Å². The Morgan fingerprint density at radius 3 is 2.53 bits per heavy atom. The number of ether oxygens (including phenoxy) is 1. The van der Waals surface area contributed by atoms with E-state index >= 15 is 0 Å². The monoisotopic (exact) mass is 466 g/mol. The van der Waals surface area contributed by atoms with Crippen molar-refractivity contribution in [1.29, 1.82) is 0 Å². The molecule has 0 N–H and O–H groups in total. The molecule has 1 aliphatic rings. The number of nitrogens with zero attached hydrogens (tertiary/aromatic N) is 6. The average molecular weight is 466 g/mol. The zero-order valence-corrected chi connectivity index (χ0v) is 18.9. The highest BCUT2D eigenvalue weighted by atomic mass is 19.3. The van der Waals surface area contributed by atoms with Gasteiger partial charge in [-0.2, -0.15) is 13.8 Å². The molecule has 1 fully saturated rings. The van der Waals surface area contributed by atoms with Crippen LogP contribution in [0.15, 0.2) is 53.1 Å². The second-order valence-electron chi connectivity index (χ2n) is 8.36. The van der Waals surface area contributed by atoms with Gasteiger partial charge in [-0.3, -0.25) is 0 Å². The molecule has 0 atom stereocenters. The Labute approximate surface area is 195 Å². The number of hydrogen-bond acceptors (Lipinski definition) is 7. The lowest BCUT2D eigenvalue weighted by Crippen LogP contribution is -2.18. The molecule has 0 aliphatic carbocycles. The van der Waals surface area contributed by atoms with E-state index in [0.717, 1.165) is 24.5 Å². The summed E-state index contributed by atoms with van der Waals surface area (Å²) in [4.78, 5) is 11.2. The molecule has 10 heteroatoms. The zero-order valence-electron chi connectivity index (χ0n) is 18.9. The second kappa shape index (κ2) is 8.85. The molecule has 176 valence electrons. The van der Waals surface area contributed by atoms with Crippen molar-refractivity contribution in [2.45, 2.75) is 39.3 Å². The van der Waals surface area contributed by atoms with Crippen molar-refractivity contribution < 1.29 is 18.0 Å². The molecule has 2 aromatic heterocycles. The number of alkyl halides is 2. The number of aryl methyl sites for hydroxylation is 1. The fourth-order valence-electron chi connectivity index (χ4n) is 3.97. The SMILES string of the molecule is Cc1nc(-c2nc(-c3ccc(OC(C)(F)F)cc3)no2)nn1Cc1cccc(N2CCCC2)c1. The van der Waals surface area contributed by atoms with Gasteiger partial charge in [0.2, 0.25) is 11.6 Å². The molecular weight excluding hydrogens is 442 g/mol. The standard InChI is InChI=1S/C24H24F2N6O2/c1-16-27-22(29-32(16)15-17-6-5-7-19(14-17)31-12-3-4-13-31)23-28-21(30-34-23)18-8-10-20(11-9-18)33-24(2,25)26/h5-11,14H,3-4,12-13,15H2,1-2H3. The molecule has 0 radical (unpaired) electrons. The number of aromatic nitrogens is 5. The van der Waals surface area contributed by atoms with Crippen molar-refractivity contribution in [1.82, 2.24) is 24.9 Å². The Balaban J connectivity index is 1.31. The summed E-state index contributed by atoms with van der Waals surface area (Å²) in [6.45, 7) is 5.32. The van der Waals surface area contributed by atoms with Gasteiger partial charge in [-0.15, -0.1) is 5.10 Å². The van der Waals surface area contributed by atoms with Gasteiger partial charge in [0.25, 0.3) is 5.89 Å². The van der Waals surface area contributed by atoms with E-state index in [9.17, 15) is 8.78 Å². The summed E-state index contributed by atoms with van der Waals surface area (Å²) in [6.07, 6.45) is -0.790. The summed E-state index contributed by atoms with van der Waals surface area (Å²) in [5, 5.41) is 8.53. The fraction of sp³-hybridized carbons (Fsp3) is 0.333. The third kappa shape index (κ3) is 4.90. The van der Waals surface area contributed by atoms with Gasteiger partial charge in [0.1, 0.15) is 11.6 Å². The van der Waals surface area contributed by atoms with E-state index in [1.54, 1.807) is 16.8 Å². The van der Waals surface area contributed by atoms with Crippen LogP contribution in [0.3, 0.4) is 0 Å². The van der Waals surface area contributed by atoms with Crippen LogP contribution in [-0.2, 0) is 6.54 Å². The highest BCUT2D eigenvalue weighted by Crippen LogP contribution is 2.26. The Morgan fingerprint density at radius 2 is 1.79 bits per heavy atom. The normalized spacial score (nSPS) is 14.1. The van der Waals surface area contributed by atoms with Gasteiger partial charge in [-0.25, -0.2) is 9.67 Å². The third-order valence-corrected chi connectivity index (χ3v) is 5.60. The first-order valence-corrected chi connectivity index (χ1v) is 11.1. The summed E-state index contributed by atoms with van der Waals surface area (Å²) in [5.74, 6) is 1.59. The van der Waals surface area contributed by atoms with Crippen molar-refractivity contribution in [2.75, 3.05) is 18.0 Å². The largest absolute Gasteiger partial charge is 0.433 e. The van der Waals surface area contributed by atoms with Crippen LogP contribution in [0, 0.1) is 6.92 Å². The van der Waals surface area contributed by atoms with Gasteiger partial charge < -0.3 is 14.2 Å². The Kier molecular flexibility index (Phi) is 5.72. The summed E-state index contributed by atoms with van der Waals surface area (Å²) in [7, 11) is 0. The van der Waals surface area contributed by atoms with Gasteiger partial charge in [-0.1, -0.05) is 17.3 Å². The first-order chi connectivity index (χ1) is 16.3. The van der Waals surface area contributed by atoms with Crippen LogP contribution in [0.2, 0.25) is 0 Å². The van der Waals surface area contributed by atoms with Gasteiger partial charge >= 0.3 is 6.11 Å². The van der Waals surface area contributed by atoms with Crippen LogP contribution in [0.25, 0.3) is 23.1 Å². The van der Waals surface area contributed by atoms with Crippen LogP contribution in [-0.4, -0.2) is 44.1 Å². The number of anilines is 1. The summed E-state index contributed by atoms with van der Waals surface area (Å²) in [6, 6.07) is 14.5. The molecule has 1 saturated heterocycles. The topological polar surface area (TPSA) is 82.1 Å². The zero-order chi connectivity index (χ0) is 23.7. The van der Waals surface area contributed by atoms with E-state index < -0.39 is 6.11 Å². The van der Waals surface area contributed by atoms with Crippen molar-refractivity contribution in [3.05, 3.63) is 59.9 Å². The molecule has 0 unspecified atom stereocenters. The predicted octanol–water partition coefficient (Wildman–Crippen LogP) is 4.94. The van der Waals surface area contributed by atoms with Crippen molar-refractivity contribution in [3.63, 3.8) is 0 Å². The van der Waals surface area contributed by atoms with E-state index in [4.69, 9.17) is 4.52 Å². The van der Waals surface area contributed by atoms with E-state index in [1.165, 1.54) is 30.7 Å². The summed E-state index contributed by atoms with van der Waals surface area (Å²) in [5.41, 5.74) is 2.96. The highest BCUT2D eigenvalue weighted by Gasteiger charge is 2.23. The van der Waals surface area contributed by atoms with Crippen LogP contribution in [0.1, 0.15) is 31.2 Å². The van der Waals surface area contributed by atoms with E-state index in [1.807, 2.05) is 6.92 Å². The quantitative estimate of drug-likeness (QED) is 0.381. The molecule has 1 aliphatic heterocycles. The summed E-state index contributed by atoms with van der Waals surface area (Å²) >= 11 is 0. The molecule has 2 aromatic carbocycles. The van der Waals surface area contributed by atoms with E-state index in [-0.39, 0.29) is 11.6 Å². The maximum absolute atomic E-state index is 13.0. The Morgan fingerprint density at radius 1 is 1.03 bits per heavy atom. The lowest BCUT2D eigenvalue weighted by Gasteiger charge is -2.18. The molecule has 0 spiro atoms. The number of rotatable bonds is 7. The molecule has 0 bridgehead atoms. The summed E-state index contributed by atoms with van der Waals surface area (Å²) < 4.78 is 37.7. The van der Waals surface area contributed by atoms with Gasteiger partial charge in [0, 0.05) is 31.3 Å². The fourth-order valence-corrected chi connectivity index (χ4v) is 3.97. The van der Waals surface area contributed by atoms with Crippen LogP contribution in [0.4, 0.5) is 14.5 Å². The number of halogens is 2. The number of hydrogen-bond donors (Lipinski definition) is 0. The molecule has 5 rings (SSSR count). The molecule has 0 amide bonds. The molecule has 34 heavy (non-hydrogen) atoms. The first kappa shape index (κ1) is 22.0. The van der Waals surface area contributed by atoms with E-state index in [0.29, 0.717) is 30.7 Å². The minimum absolute atomic E-state index is 0.0461. The molecule has 8 nitrogen and oxygen atoms in total. The van der Waals surface area contributed by atoms with Crippen LogP contribution < -0.4 is 9.64 Å². The average Bonchev–Trinajstić information content (AvgIpc) is 3.55. The van der Waals surface area contributed by atoms with Gasteiger partial charge in [-0.05, 0) is 61.7 Å². The third-order valence-electron chi connectivity index (χ3n) is 5.60. The lowest BCUT2D eigenvalue weighted by atomic mass is 10.2.